The monoisotopic (exact) mass is 449 g/mol. The third kappa shape index (κ3) is 4.32. The SMILES string of the molecule is CCOC(=O)c1c(-c2cc3ccccc3nc2N2CC(C)CC(C)C2)[nH]c(C)c(OC)c1=O. The van der Waals surface area contributed by atoms with Crippen LogP contribution in [0.25, 0.3) is 22.2 Å². The molecule has 7 nitrogen and oxygen atoms in total. The first-order chi connectivity index (χ1) is 15.8. The van der Waals surface area contributed by atoms with E-state index in [-0.39, 0.29) is 17.9 Å². The fourth-order valence-electron chi connectivity index (χ4n) is 4.92. The summed E-state index contributed by atoms with van der Waals surface area (Å²) in [5.74, 6) is 1.22. The number of benzene rings is 1. The zero-order chi connectivity index (χ0) is 23.7. The second-order valence-electron chi connectivity index (χ2n) is 8.99. The molecule has 33 heavy (non-hydrogen) atoms. The number of H-pyrrole nitrogens is 1. The van der Waals surface area contributed by atoms with Crippen molar-refractivity contribution in [2.45, 2.75) is 34.1 Å². The average molecular weight is 450 g/mol. The minimum Gasteiger partial charge on any atom is -0.491 e. The molecule has 0 aliphatic carbocycles. The van der Waals surface area contributed by atoms with Gasteiger partial charge in [-0.2, -0.15) is 0 Å². The third-order valence-electron chi connectivity index (χ3n) is 6.16. The largest absolute Gasteiger partial charge is 0.491 e. The maximum Gasteiger partial charge on any atom is 0.344 e. The molecule has 1 aromatic carbocycles. The predicted octanol–water partition coefficient (Wildman–Crippen LogP) is 4.57. The molecule has 2 aromatic heterocycles. The molecule has 1 aliphatic rings. The quantitative estimate of drug-likeness (QED) is 0.575. The maximum atomic E-state index is 13.3. The molecule has 3 aromatic rings. The highest BCUT2D eigenvalue weighted by molar-refractivity contribution is 6.00. The zero-order valence-electron chi connectivity index (χ0n) is 19.9. The van der Waals surface area contributed by atoms with Crippen molar-refractivity contribution in [1.29, 1.82) is 0 Å². The van der Waals surface area contributed by atoms with E-state index in [4.69, 9.17) is 14.5 Å². The number of methoxy groups -OCH3 is 1. The maximum absolute atomic E-state index is 13.3. The standard InChI is InChI=1S/C26H31N3O4/c1-6-33-26(31)21-22(27-17(4)24(32-5)23(21)30)19-12-18-9-7-8-10-20(18)28-25(19)29-13-15(2)11-16(3)14-29/h7-10,12,15-16H,6,11,13-14H2,1-5H3,(H,27,30). The van der Waals surface area contributed by atoms with Crippen molar-refractivity contribution in [2.24, 2.45) is 11.8 Å². The van der Waals surface area contributed by atoms with Crippen molar-refractivity contribution in [3.8, 4) is 17.0 Å². The van der Waals surface area contributed by atoms with E-state index in [0.717, 1.165) is 36.2 Å². The third-order valence-corrected chi connectivity index (χ3v) is 6.16. The average Bonchev–Trinajstić information content (AvgIpc) is 2.77. The summed E-state index contributed by atoms with van der Waals surface area (Å²) in [6.45, 7) is 9.85. The lowest BCUT2D eigenvalue weighted by Crippen LogP contribution is -2.39. The number of para-hydroxylation sites is 1. The van der Waals surface area contributed by atoms with Crippen molar-refractivity contribution >= 4 is 22.7 Å². The molecule has 1 N–H and O–H groups in total. The van der Waals surface area contributed by atoms with Gasteiger partial charge in [-0.25, -0.2) is 9.78 Å². The van der Waals surface area contributed by atoms with Crippen LogP contribution in [-0.4, -0.2) is 42.7 Å². The van der Waals surface area contributed by atoms with E-state index in [1.165, 1.54) is 7.11 Å². The van der Waals surface area contributed by atoms with Crippen LogP contribution in [0.5, 0.6) is 5.75 Å². The molecule has 0 amide bonds. The minimum atomic E-state index is -0.675. The van der Waals surface area contributed by atoms with E-state index in [1.54, 1.807) is 13.8 Å². The lowest BCUT2D eigenvalue weighted by Gasteiger charge is -2.37. The van der Waals surface area contributed by atoms with Crippen LogP contribution in [0.3, 0.4) is 0 Å². The molecule has 4 rings (SSSR count). The summed E-state index contributed by atoms with van der Waals surface area (Å²) in [4.78, 5) is 36.8. The van der Waals surface area contributed by atoms with Crippen molar-refractivity contribution < 1.29 is 14.3 Å². The van der Waals surface area contributed by atoms with E-state index < -0.39 is 11.4 Å². The van der Waals surface area contributed by atoms with Gasteiger partial charge in [-0.1, -0.05) is 32.0 Å². The smallest absolute Gasteiger partial charge is 0.344 e. The van der Waals surface area contributed by atoms with Gasteiger partial charge in [0.1, 0.15) is 11.4 Å². The normalized spacial score (nSPS) is 18.4. The van der Waals surface area contributed by atoms with Gasteiger partial charge in [-0.05, 0) is 44.2 Å². The van der Waals surface area contributed by atoms with E-state index in [2.05, 4.69) is 23.7 Å². The summed E-state index contributed by atoms with van der Waals surface area (Å²) >= 11 is 0. The topological polar surface area (TPSA) is 84.5 Å². The number of pyridine rings is 2. The molecule has 3 heterocycles. The summed E-state index contributed by atoms with van der Waals surface area (Å²) < 4.78 is 10.6. The summed E-state index contributed by atoms with van der Waals surface area (Å²) in [7, 11) is 1.42. The van der Waals surface area contributed by atoms with Gasteiger partial charge in [-0.3, -0.25) is 4.79 Å². The number of ether oxygens (including phenoxy) is 2. The molecule has 0 saturated carbocycles. The van der Waals surface area contributed by atoms with Gasteiger partial charge in [0.05, 0.1) is 30.6 Å². The van der Waals surface area contributed by atoms with Gasteiger partial charge in [-0.15, -0.1) is 0 Å². The van der Waals surface area contributed by atoms with Crippen molar-refractivity contribution in [2.75, 3.05) is 31.7 Å². The molecule has 1 fully saturated rings. The number of aryl methyl sites for hydroxylation is 1. The lowest BCUT2D eigenvalue weighted by atomic mass is 9.91. The van der Waals surface area contributed by atoms with Crippen LogP contribution in [0.2, 0.25) is 0 Å². The number of piperidine rings is 1. The number of esters is 1. The van der Waals surface area contributed by atoms with Gasteiger partial charge < -0.3 is 19.4 Å². The Hall–Kier alpha value is -3.35. The Bertz CT molecular complexity index is 1240. The molecule has 2 atom stereocenters. The number of aromatic amines is 1. The number of hydrogen-bond acceptors (Lipinski definition) is 6. The highest BCUT2D eigenvalue weighted by Crippen LogP contribution is 2.36. The Kier molecular flexibility index (Phi) is 6.40. The van der Waals surface area contributed by atoms with Gasteiger partial charge in [0.25, 0.3) is 0 Å². The van der Waals surface area contributed by atoms with Crippen molar-refractivity contribution in [3.63, 3.8) is 0 Å². The Balaban J connectivity index is 2.03. The molecule has 1 aliphatic heterocycles. The van der Waals surface area contributed by atoms with Crippen LogP contribution in [0.1, 0.15) is 43.2 Å². The second-order valence-corrected chi connectivity index (χ2v) is 8.99. The molecule has 174 valence electrons. The molecular formula is C26H31N3O4. The molecule has 0 spiro atoms. The minimum absolute atomic E-state index is 0.0595. The number of carbonyl (C=O) groups is 1. The summed E-state index contributed by atoms with van der Waals surface area (Å²) in [5.41, 5.74) is 1.99. The Morgan fingerprint density at radius 2 is 1.91 bits per heavy atom. The zero-order valence-corrected chi connectivity index (χ0v) is 19.9. The highest BCUT2D eigenvalue weighted by atomic mass is 16.5. The summed E-state index contributed by atoms with van der Waals surface area (Å²) in [6, 6.07) is 9.88. The number of fused-ring (bicyclic) bond motifs is 1. The van der Waals surface area contributed by atoms with E-state index >= 15 is 0 Å². The Morgan fingerprint density at radius 1 is 1.21 bits per heavy atom. The van der Waals surface area contributed by atoms with E-state index in [0.29, 0.717) is 28.8 Å². The second kappa shape index (κ2) is 9.25. The van der Waals surface area contributed by atoms with Gasteiger partial charge in [0, 0.05) is 24.0 Å². The number of nitrogens with one attached hydrogen (secondary N) is 1. The van der Waals surface area contributed by atoms with Gasteiger partial charge >= 0.3 is 5.97 Å². The van der Waals surface area contributed by atoms with Crippen LogP contribution in [0.15, 0.2) is 35.1 Å². The number of aromatic nitrogens is 2. The molecular weight excluding hydrogens is 418 g/mol. The molecule has 2 unspecified atom stereocenters. The van der Waals surface area contributed by atoms with Crippen LogP contribution in [0, 0.1) is 18.8 Å². The highest BCUT2D eigenvalue weighted by Gasteiger charge is 2.29. The summed E-state index contributed by atoms with van der Waals surface area (Å²) in [5, 5.41) is 0.929. The van der Waals surface area contributed by atoms with Crippen LogP contribution in [0.4, 0.5) is 5.82 Å². The molecule has 7 heteroatoms. The number of nitrogens with zero attached hydrogens (tertiary/aromatic N) is 2. The summed E-state index contributed by atoms with van der Waals surface area (Å²) in [6.07, 6.45) is 1.16. The number of anilines is 1. The van der Waals surface area contributed by atoms with Crippen molar-refractivity contribution in [1.82, 2.24) is 9.97 Å². The Labute approximate surface area is 193 Å². The van der Waals surface area contributed by atoms with Crippen LogP contribution in [-0.2, 0) is 4.74 Å². The molecule has 0 bridgehead atoms. The molecule has 1 saturated heterocycles. The predicted molar refractivity (Wildman–Crippen MR) is 130 cm³/mol. The van der Waals surface area contributed by atoms with Crippen LogP contribution >= 0.6 is 0 Å². The van der Waals surface area contributed by atoms with Crippen molar-refractivity contribution in [3.05, 3.63) is 51.8 Å². The number of carbonyl (C=O) groups excluding carboxylic acids is 1. The Morgan fingerprint density at radius 3 is 2.58 bits per heavy atom. The fraction of sp³-hybridized carbons (Fsp3) is 0.423. The first kappa shape index (κ1) is 22.8. The lowest BCUT2D eigenvalue weighted by molar-refractivity contribution is 0.0525. The molecule has 0 radical (unpaired) electrons. The first-order valence-electron chi connectivity index (χ1n) is 11.5. The van der Waals surface area contributed by atoms with Crippen LogP contribution < -0.4 is 15.1 Å². The van der Waals surface area contributed by atoms with E-state index in [1.807, 2.05) is 30.3 Å². The fourth-order valence-corrected chi connectivity index (χ4v) is 4.92. The first-order valence-corrected chi connectivity index (χ1v) is 11.5. The number of rotatable bonds is 5. The van der Waals surface area contributed by atoms with Gasteiger partial charge in [0.2, 0.25) is 5.43 Å². The van der Waals surface area contributed by atoms with Gasteiger partial charge in [0.15, 0.2) is 5.75 Å². The number of hydrogen-bond donors (Lipinski definition) is 1. The van der Waals surface area contributed by atoms with E-state index in [9.17, 15) is 9.59 Å².